The highest BCUT2D eigenvalue weighted by Crippen LogP contribution is 2.40. The van der Waals surface area contributed by atoms with Crippen LogP contribution in [0.3, 0.4) is 0 Å². The number of benzene rings is 2. The number of aryl methyl sites for hydroxylation is 1. The highest BCUT2D eigenvalue weighted by Gasteiger charge is 2.19. The molecule has 1 amide bonds. The first-order valence-corrected chi connectivity index (χ1v) is 10.8. The molecule has 1 N–H and O–H groups in total. The molecule has 31 heavy (non-hydrogen) atoms. The number of nitrogens with one attached hydrogen (secondary N) is 1. The number of hydrogen-bond acceptors (Lipinski definition) is 4. The van der Waals surface area contributed by atoms with Gasteiger partial charge < -0.3 is 19.2 Å². The summed E-state index contributed by atoms with van der Waals surface area (Å²) < 4.78 is 17.2. The minimum atomic E-state index is -0.121. The third-order valence-electron chi connectivity index (χ3n) is 5.16. The predicted molar refractivity (Wildman–Crippen MR) is 125 cm³/mol. The molecule has 0 bridgehead atoms. The van der Waals surface area contributed by atoms with Crippen LogP contribution in [0.25, 0.3) is 27.7 Å². The van der Waals surface area contributed by atoms with E-state index < -0.39 is 0 Å². The maximum absolute atomic E-state index is 12.4. The lowest BCUT2D eigenvalue weighted by atomic mass is 9.96. The van der Waals surface area contributed by atoms with Gasteiger partial charge in [0, 0.05) is 47.9 Å². The van der Waals surface area contributed by atoms with E-state index in [1.54, 1.807) is 12.3 Å². The number of rotatable bonds is 10. The molecule has 164 valence electrons. The summed E-state index contributed by atoms with van der Waals surface area (Å²) in [5.74, 6) is 0.631. The van der Waals surface area contributed by atoms with E-state index in [2.05, 4.69) is 23.5 Å². The summed E-state index contributed by atoms with van der Waals surface area (Å²) in [5, 5.41) is 3.93. The average molecular weight is 422 g/mol. The molecule has 5 heteroatoms. The normalized spacial score (nSPS) is 11.7. The maximum Gasteiger partial charge on any atom is 0.244 e. The van der Waals surface area contributed by atoms with Crippen LogP contribution >= 0.6 is 0 Å². The molecular weight excluding hydrogens is 390 g/mol. The van der Waals surface area contributed by atoms with Crippen molar-refractivity contribution in [3.8, 4) is 16.9 Å². The summed E-state index contributed by atoms with van der Waals surface area (Å²) >= 11 is 0. The fourth-order valence-electron chi connectivity index (χ4n) is 3.64. The third-order valence-corrected chi connectivity index (χ3v) is 5.16. The number of furan rings is 1. The number of amides is 1. The van der Waals surface area contributed by atoms with E-state index >= 15 is 0 Å². The molecular formula is C26H31NO4. The van der Waals surface area contributed by atoms with Crippen LogP contribution < -0.4 is 10.1 Å². The summed E-state index contributed by atoms with van der Waals surface area (Å²) in [6, 6.07) is 12.2. The summed E-state index contributed by atoms with van der Waals surface area (Å²) in [5.41, 5.74) is 5.59. The summed E-state index contributed by atoms with van der Waals surface area (Å²) in [6.07, 6.45) is 4.21. The minimum absolute atomic E-state index is 0.121. The molecule has 3 rings (SSSR count). The van der Waals surface area contributed by atoms with Crippen LogP contribution in [-0.2, 0) is 9.53 Å². The smallest absolute Gasteiger partial charge is 0.244 e. The van der Waals surface area contributed by atoms with Crippen LogP contribution in [0.15, 0.2) is 53.2 Å². The number of fused-ring (bicyclic) bond motifs is 1. The fraction of sp³-hybridized carbons (Fsp3) is 0.346. The second-order valence-electron chi connectivity index (χ2n) is 7.37. The van der Waals surface area contributed by atoms with Crippen LogP contribution in [0.5, 0.6) is 5.75 Å². The van der Waals surface area contributed by atoms with Crippen molar-refractivity contribution in [3.63, 3.8) is 0 Å². The first kappa shape index (κ1) is 22.6. The van der Waals surface area contributed by atoms with E-state index in [1.165, 1.54) is 0 Å². The highest BCUT2D eigenvalue weighted by atomic mass is 16.5. The molecule has 0 fully saturated rings. The molecule has 0 saturated carbocycles. The topological polar surface area (TPSA) is 60.7 Å². The molecule has 0 atom stereocenters. The lowest BCUT2D eigenvalue weighted by Gasteiger charge is -2.15. The highest BCUT2D eigenvalue weighted by molar-refractivity contribution is 6.01. The molecule has 0 saturated heterocycles. The molecule has 1 aromatic heterocycles. The molecule has 0 aliphatic heterocycles. The number of allylic oxidation sites excluding steroid dienone is 1. The van der Waals surface area contributed by atoms with Crippen LogP contribution in [0.1, 0.15) is 38.3 Å². The molecule has 2 aromatic carbocycles. The molecule has 0 radical (unpaired) electrons. The van der Waals surface area contributed by atoms with Crippen molar-refractivity contribution in [2.75, 3.05) is 26.4 Å². The minimum Gasteiger partial charge on any atom is -0.493 e. The van der Waals surface area contributed by atoms with E-state index in [4.69, 9.17) is 13.9 Å². The van der Waals surface area contributed by atoms with Gasteiger partial charge in [-0.2, -0.15) is 0 Å². The van der Waals surface area contributed by atoms with Crippen molar-refractivity contribution < 1.29 is 18.7 Å². The van der Waals surface area contributed by atoms with Gasteiger partial charge in [0.05, 0.1) is 12.9 Å². The second-order valence-corrected chi connectivity index (χ2v) is 7.37. The van der Waals surface area contributed by atoms with E-state index in [0.717, 1.165) is 51.0 Å². The first-order chi connectivity index (χ1) is 15.1. The van der Waals surface area contributed by atoms with Crippen molar-refractivity contribution >= 4 is 22.4 Å². The molecule has 5 nitrogen and oxygen atoms in total. The Hall–Kier alpha value is -3.05. The third kappa shape index (κ3) is 5.36. The first-order valence-electron chi connectivity index (χ1n) is 10.8. The standard InChI is InChI=1S/C26H31NO4/c1-5-29-14-10-13-27-24(28)15-18(3)21-16-22-23(20-11-8-7-9-12-20)17-31-26(22)19(4)25(21)30-6-2/h7-9,11-12,15-17H,5-6,10,13-14H2,1-4H3,(H,27,28)/b18-15+. The SMILES string of the molecule is CCOCCCNC(=O)/C=C(\C)c1cc2c(-c3ccccc3)coc2c(C)c1OCC. The van der Waals surface area contributed by atoms with Gasteiger partial charge in [0.15, 0.2) is 0 Å². The largest absolute Gasteiger partial charge is 0.493 e. The summed E-state index contributed by atoms with van der Waals surface area (Å²) in [6.45, 7) is 10.3. The lowest BCUT2D eigenvalue weighted by Crippen LogP contribution is -2.23. The molecule has 0 unspecified atom stereocenters. The van der Waals surface area contributed by atoms with Gasteiger partial charge in [-0.15, -0.1) is 0 Å². The number of ether oxygens (including phenoxy) is 2. The van der Waals surface area contributed by atoms with Crippen LogP contribution in [0.4, 0.5) is 0 Å². The molecule has 0 aliphatic rings. The Labute approximate surface area is 184 Å². The van der Waals surface area contributed by atoms with Gasteiger partial charge in [-0.05, 0) is 51.3 Å². The van der Waals surface area contributed by atoms with Crippen molar-refractivity contribution in [2.45, 2.75) is 34.1 Å². The van der Waals surface area contributed by atoms with Gasteiger partial charge in [0.1, 0.15) is 11.3 Å². The van der Waals surface area contributed by atoms with E-state index in [0.29, 0.717) is 26.4 Å². The second kappa shape index (κ2) is 10.8. The van der Waals surface area contributed by atoms with Gasteiger partial charge in [-0.1, -0.05) is 30.3 Å². The number of carbonyl (C=O) groups excluding carboxylic acids is 1. The van der Waals surface area contributed by atoms with Gasteiger partial charge in [0.2, 0.25) is 5.91 Å². The Balaban J connectivity index is 1.95. The Kier molecular flexibility index (Phi) is 7.90. The predicted octanol–water partition coefficient (Wildman–Crippen LogP) is 5.75. The zero-order chi connectivity index (χ0) is 22.2. The van der Waals surface area contributed by atoms with Crippen LogP contribution in [0.2, 0.25) is 0 Å². The van der Waals surface area contributed by atoms with Crippen molar-refractivity contribution in [2.24, 2.45) is 0 Å². The summed E-state index contributed by atoms with van der Waals surface area (Å²) in [4.78, 5) is 12.4. The quantitative estimate of drug-likeness (QED) is 0.334. The zero-order valence-electron chi connectivity index (χ0n) is 18.8. The molecule has 1 heterocycles. The van der Waals surface area contributed by atoms with E-state index in [1.807, 2.05) is 45.9 Å². The fourth-order valence-corrected chi connectivity index (χ4v) is 3.64. The maximum atomic E-state index is 12.4. The Bertz CT molecular complexity index is 1050. The molecule has 0 aliphatic carbocycles. The average Bonchev–Trinajstić information content (AvgIpc) is 3.20. The van der Waals surface area contributed by atoms with Crippen molar-refractivity contribution in [3.05, 3.63) is 59.9 Å². The Morgan fingerprint density at radius 2 is 1.94 bits per heavy atom. The van der Waals surface area contributed by atoms with Gasteiger partial charge in [0.25, 0.3) is 0 Å². The monoisotopic (exact) mass is 421 g/mol. The van der Waals surface area contributed by atoms with Crippen LogP contribution in [0, 0.1) is 6.92 Å². The molecule has 0 spiro atoms. The van der Waals surface area contributed by atoms with Gasteiger partial charge >= 0.3 is 0 Å². The van der Waals surface area contributed by atoms with Gasteiger partial charge in [-0.3, -0.25) is 4.79 Å². The van der Waals surface area contributed by atoms with Gasteiger partial charge in [-0.25, -0.2) is 0 Å². The number of hydrogen-bond donors (Lipinski definition) is 1. The number of carbonyl (C=O) groups is 1. The Morgan fingerprint density at radius 1 is 1.16 bits per heavy atom. The Morgan fingerprint density at radius 3 is 2.65 bits per heavy atom. The molecule has 3 aromatic rings. The van der Waals surface area contributed by atoms with Crippen molar-refractivity contribution in [1.29, 1.82) is 0 Å². The van der Waals surface area contributed by atoms with Crippen LogP contribution in [-0.4, -0.2) is 32.3 Å². The van der Waals surface area contributed by atoms with E-state index in [9.17, 15) is 4.79 Å². The van der Waals surface area contributed by atoms with Crippen molar-refractivity contribution in [1.82, 2.24) is 5.32 Å². The zero-order valence-corrected chi connectivity index (χ0v) is 18.8. The van der Waals surface area contributed by atoms with E-state index in [-0.39, 0.29) is 5.91 Å². The summed E-state index contributed by atoms with van der Waals surface area (Å²) in [7, 11) is 0. The lowest BCUT2D eigenvalue weighted by molar-refractivity contribution is -0.116.